The van der Waals surface area contributed by atoms with Crippen molar-refractivity contribution < 1.29 is 24.0 Å². The molecule has 2 aromatic rings. The summed E-state index contributed by atoms with van der Waals surface area (Å²) in [6, 6.07) is 15.8. The van der Waals surface area contributed by atoms with Gasteiger partial charge in [-0.3, -0.25) is 19.2 Å². The highest BCUT2D eigenvalue weighted by Crippen LogP contribution is 2.50. The first-order chi connectivity index (χ1) is 24.1. The van der Waals surface area contributed by atoms with E-state index in [0.717, 1.165) is 62.5 Å². The van der Waals surface area contributed by atoms with Crippen molar-refractivity contribution in [3.63, 3.8) is 0 Å². The number of carbonyl (C=O) groups is 5. The van der Waals surface area contributed by atoms with Crippen LogP contribution >= 0.6 is 0 Å². The lowest BCUT2D eigenvalue weighted by Crippen LogP contribution is -2.75. The van der Waals surface area contributed by atoms with Crippen LogP contribution < -0.4 is 17.2 Å². The molecule has 2 aliphatic carbocycles. The predicted molar refractivity (Wildman–Crippen MR) is 194 cm³/mol. The lowest BCUT2D eigenvalue weighted by atomic mass is 9.51. The van der Waals surface area contributed by atoms with Crippen molar-refractivity contribution in [2.45, 2.75) is 126 Å². The maximum Gasteiger partial charge on any atom is 0.240 e. The van der Waals surface area contributed by atoms with E-state index in [-0.39, 0.29) is 25.3 Å². The topological polar surface area (TPSA) is 167 Å². The lowest BCUT2D eigenvalue weighted by molar-refractivity contribution is -0.164. The Hall–Kier alpha value is -3.53. The Morgan fingerprint density at radius 2 is 1.34 bits per heavy atom. The first-order valence-electron chi connectivity index (χ1n) is 18.9. The van der Waals surface area contributed by atoms with Gasteiger partial charge in [-0.15, -0.1) is 0 Å². The van der Waals surface area contributed by atoms with Crippen molar-refractivity contribution in [3.8, 4) is 0 Å². The molecule has 1 saturated heterocycles. The van der Waals surface area contributed by atoms with Gasteiger partial charge in [-0.25, -0.2) is 0 Å². The number of nitrogens with two attached hydrogens (primary N) is 3. The third-order valence-corrected chi connectivity index (χ3v) is 11.9. The van der Waals surface area contributed by atoms with Crippen LogP contribution in [0.2, 0.25) is 0 Å². The fraction of sp³-hybridized carbons (Fsp3) is 0.585. The molecule has 1 unspecified atom stereocenters. The maximum absolute atomic E-state index is 15.6. The van der Waals surface area contributed by atoms with Gasteiger partial charge in [0.2, 0.25) is 5.91 Å². The fourth-order valence-electron chi connectivity index (χ4n) is 9.25. The standard InChI is InChI=1S/C41H56N4O5/c42-33(26-30-16-7-2-8-17-30)37(48)40(44,28-46)41(32-20-11-4-12-21-32,36(47)24-23-29-14-5-1-6-15-29)38(49)35-22-13-25-45(35)39(50)34(43)27-31-18-9-3-10-19-31/h1,3,5-6,9-10,14-15,18-19,28,30,32-35H,2,4,7-8,11-13,16-17,20-27,42-44H2/t33-,34+,35+,40+,41?/m1/s1. The summed E-state index contributed by atoms with van der Waals surface area (Å²) in [7, 11) is 0. The third kappa shape index (κ3) is 7.85. The van der Waals surface area contributed by atoms with E-state index in [4.69, 9.17) is 17.2 Å². The summed E-state index contributed by atoms with van der Waals surface area (Å²) in [6.07, 6.45) is 10.4. The molecule has 3 aliphatic rings. The Labute approximate surface area is 297 Å². The number of nitrogens with zero attached hydrogens (tertiary/aromatic N) is 1. The van der Waals surface area contributed by atoms with Gasteiger partial charge in [0.15, 0.2) is 17.1 Å². The van der Waals surface area contributed by atoms with Gasteiger partial charge in [-0.05, 0) is 67.9 Å². The lowest BCUT2D eigenvalue weighted by Gasteiger charge is -2.50. The molecule has 2 aromatic carbocycles. The first-order valence-corrected chi connectivity index (χ1v) is 18.9. The van der Waals surface area contributed by atoms with Crippen molar-refractivity contribution in [3.05, 3.63) is 71.8 Å². The zero-order valence-electron chi connectivity index (χ0n) is 29.5. The van der Waals surface area contributed by atoms with Gasteiger partial charge >= 0.3 is 0 Å². The molecule has 0 radical (unpaired) electrons. The number of Topliss-reactive ketones (excluding diaryl/α,β-unsaturated/α-hetero) is 3. The monoisotopic (exact) mass is 684 g/mol. The zero-order valence-corrected chi connectivity index (χ0v) is 29.5. The van der Waals surface area contributed by atoms with E-state index in [0.29, 0.717) is 44.8 Å². The number of ketones is 3. The molecule has 1 heterocycles. The Balaban J connectivity index is 1.56. The molecule has 2 saturated carbocycles. The highest BCUT2D eigenvalue weighted by molar-refractivity contribution is 6.22. The zero-order chi connectivity index (χ0) is 35.7. The van der Waals surface area contributed by atoms with Crippen LogP contribution in [0.15, 0.2) is 60.7 Å². The molecule has 1 amide bonds. The molecule has 0 bridgehead atoms. The van der Waals surface area contributed by atoms with Crippen LogP contribution in [-0.4, -0.2) is 64.7 Å². The molecule has 6 N–H and O–H groups in total. The molecule has 5 rings (SSSR count). The molecule has 3 fully saturated rings. The van der Waals surface area contributed by atoms with Crippen LogP contribution in [0.25, 0.3) is 0 Å². The number of likely N-dealkylation sites (tertiary alicyclic amines) is 1. The highest BCUT2D eigenvalue weighted by Gasteiger charge is 2.68. The second-order valence-corrected chi connectivity index (χ2v) is 15.1. The van der Waals surface area contributed by atoms with Gasteiger partial charge in [0.1, 0.15) is 17.5 Å². The van der Waals surface area contributed by atoms with Crippen molar-refractivity contribution >= 4 is 29.5 Å². The normalized spacial score (nSPS) is 22.5. The summed E-state index contributed by atoms with van der Waals surface area (Å²) in [5.41, 5.74) is 17.4. The van der Waals surface area contributed by atoms with Crippen LogP contribution in [0.5, 0.6) is 0 Å². The quantitative estimate of drug-likeness (QED) is 0.170. The number of carbonyl (C=O) groups excluding carboxylic acids is 5. The predicted octanol–water partition coefficient (Wildman–Crippen LogP) is 4.65. The summed E-state index contributed by atoms with van der Waals surface area (Å²) in [6.45, 7) is 0.282. The first kappa shape index (κ1) is 37.7. The number of rotatable bonds is 16. The van der Waals surface area contributed by atoms with E-state index in [1.54, 1.807) is 0 Å². The Morgan fingerprint density at radius 3 is 1.94 bits per heavy atom. The highest BCUT2D eigenvalue weighted by atomic mass is 16.2. The van der Waals surface area contributed by atoms with Gasteiger partial charge in [0.25, 0.3) is 0 Å². The second kappa shape index (κ2) is 17.1. The summed E-state index contributed by atoms with van der Waals surface area (Å²) in [5.74, 6) is -2.70. The second-order valence-electron chi connectivity index (χ2n) is 15.1. The van der Waals surface area contributed by atoms with Crippen LogP contribution in [0.3, 0.4) is 0 Å². The fourth-order valence-corrected chi connectivity index (χ4v) is 9.25. The summed E-state index contributed by atoms with van der Waals surface area (Å²) >= 11 is 0. The molecule has 270 valence electrons. The number of benzene rings is 2. The largest absolute Gasteiger partial charge is 0.331 e. The molecular weight excluding hydrogens is 628 g/mol. The van der Waals surface area contributed by atoms with Crippen LogP contribution in [0, 0.1) is 17.3 Å². The van der Waals surface area contributed by atoms with E-state index in [9.17, 15) is 14.4 Å². The molecule has 50 heavy (non-hydrogen) atoms. The Kier molecular flexibility index (Phi) is 12.9. The van der Waals surface area contributed by atoms with Gasteiger partial charge in [-0.1, -0.05) is 112 Å². The molecular formula is C41H56N4O5. The van der Waals surface area contributed by atoms with E-state index in [2.05, 4.69) is 0 Å². The molecule has 9 nitrogen and oxygen atoms in total. The Morgan fingerprint density at radius 1 is 0.760 bits per heavy atom. The number of aryl methyl sites for hydroxylation is 1. The van der Waals surface area contributed by atoms with Crippen LogP contribution in [-0.2, 0) is 36.8 Å². The molecule has 9 heteroatoms. The number of aldehydes is 1. The van der Waals surface area contributed by atoms with E-state index >= 15 is 9.59 Å². The van der Waals surface area contributed by atoms with Crippen molar-refractivity contribution in [2.75, 3.05) is 6.54 Å². The van der Waals surface area contributed by atoms with Crippen LogP contribution in [0.1, 0.15) is 101 Å². The molecule has 1 aliphatic heterocycles. The minimum atomic E-state index is -2.49. The number of amides is 1. The SMILES string of the molecule is N[C@H](CC1CCCCC1)C(=O)[C@@](N)(C=O)C(C(=O)CCc1ccccc1)(C(=O)[C@@H]1CCCN1C(=O)[C@@H](N)Cc1ccccc1)C1CCCCC1. The van der Waals surface area contributed by atoms with Crippen LogP contribution in [0.4, 0.5) is 0 Å². The van der Waals surface area contributed by atoms with Gasteiger partial charge in [-0.2, -0.15) is 0 Å². The van der Waals surface area contributed by atoms with Gasteiger partial charge < -0.3 is 26.9 Å². The van der Waals surface area contributed by atoms with Gasteiger partial charge in [0.05, 0.1) is 18.1 Å². The molecule has 0 aromatic heterocycles. The van der Waals surface area contributed by atoms with E-state index in [1.807, 2.05) is 60.7 Å². The summed E-state index contributed by atoms with van der Waals surface area (Å²) in [5, 5.41) is 0. The number of hydrogen-bond donors (Lipinski definition) is 3. The van der Waals surface area contributed by atoms with Crippen molar-refractivity contribution in [1.29, 1.82) is 0 Å². The summed E-state index contributed by atoms with van der Waals surface area (Å²) in [4.78, 5) is 74.4. The minimum absolute atomic E-state index is 0.0849. The Bertz CT molecular complexity index is 1470. The third-order valence-electron chi connectivity index (χ3n) is 11.9. The maximum atomic E-state index is 15.6. The van der Waals surface area contributed by atoms with E-state index < -0.39 is 58.3 Å². The average molecular weight is 685 g/mol. The van der Waals surface area contributed by atoms with Crippen molar-refractivity contribution in [2.24, 2.45) is 34.5 Å². The number of hydrogen-bond acceptors (Lipinski definition) is 8. The van der Waals surface area contributed by atoms with Crippen molar-refractivity contribution in [1.82, 2.24) is 4.90 Å². The average Bonchev–Trinajstić information content (AvgIpc) is 3.65. The minimum Gasteiger partial charge on any atom is -0.331 e. The summed E-state index contributed by atoms with van der Waals surface area (Å²) < 4.78 is 0. The van der Waals surface area contributed by atoms with E-state index in [1.165, 1.54) is 4.90 Å². The molecule has 0 spiro atoms. The smallest absolute Gasteiger partial charge is 0.240 e. The molecule has 5 atom stereocenters. The van der Waals surface area contributed by atoms with Gasteiger partial charge in [0, 0.05) is 13.0 Å².